The number of nitrogens with zero attached hydrogens (tertiary/aromatic N) is 1. The Labute approximate surface area is 147 Å². The van der Waals surface area contributed by atoms with Gasteiger partial charge in [-0.2, -0.15) is 0 Å². The van der Waals surface area contributed by atoms with Gasteiger partial charge in [-0.3, -0.25) is 4.79 Å². The van der Waals surface area contributed by atoms with Gasteiger partial charge in [0.05, 0.1) is 23.6 Å². The van der Waals surface area contributed by atoms with E-state index in [0.29, 0.717) is 5.56 Å². The van der Waals surface area contributed by atoms with Crippen LogP contribution in [-0.4, -0.2) is 16.8 Å². The maximum absolute atomic E-state index is 13.2. The molecule has 0 unspecified atom stereocenters. The van der Waals surface area contributed by atoms with Gasteiger partial charge in [0.1, 0.15) is 0 Å². The van der Waals surface area contributed by atoms with Gasteiger partial charge in [0.2, 0.25) is 0 Å². The summed E-state index contributed by atoms with van der Waals surface area (Å²) >= 11 is 0. The zero-order chi connectivity index (χ0) is 17.9. The molecule has 2 aromatic rings. The van der Waals surface area contributed by atoms with Gasteiger partial charge in [0.15, 0.2) is 0 Å². The van der Waals surface area contributed by atoms with Crippen LogP contribution in [0.4, 0.5) is 0 Å². The van der Waals surface area contributed by atoms with Crippen LogP contribution in [0.3, 0.4) is 0 Å². The monoisotopic (exact) mass is 334 g/mol. The van der Waals surface area contributed by atoms with E-state index in [-0.39, 0.29) is 29.0 Å². The molecule has 4 heteroatoms. The number of carbonyl (C=O) groups is 2. The van der Waals surface area contributed by atoms with Crippen molar-refractivity contribution in [2.75, 3.05) is 0 Å². The van der Waals surface area contributed by atoms with Gasteiger partial charge < -0.3 is 14.8 Å². The van der Waals surface area contributed by atoms with Crippen molar-refractivity contribution in [2.24, 2.45) is 0 Å². The number of hydrogen-bond acceptors (Lipinski definition) is 3. The number of carboxylic acids is 1. The van der Waals surface area contributed by atoms with E-state index in [4.69, 9.17) is 0 Å². The van der Waals surface area contributed by atoms with Crippen LogP contribution in [0, 0.1) is 0 Å². The first-order valence-electron chi connectivity index (χ1n) is 8.59. The first-order chi connectivity index (χ1) is 11.8. The summed E-state index contributed by atoms with van der Waals surface area (Å²) in [6.07, 6.45) is 0.754. The quantitative estimate of drug-likeness (QED) is 0.805. The summed E-state index contributed by atoms with van der Waals surface area (Å²) < 4.78 is 0. The summed E-state index contributed by atoms with van der Waals surface area (Å²) in [5, 5.41) is 11.5. The lowest BCUT2D eigenvalue weighted by molar-refractivity contribution is -0.255. The molecular weight excluding hydrogens is 314 g/mol. The molecule has 4 nitrogen and oxygen atoms in total. The minimum Gasteiger partial charge on any atom is -0.545 e. The summed E-state index contributed by atoms with van der Waals surface area (Å²) in [6, 6.07) is 13.0. The lowest BCUT2D eigenvalue weighted by atomic mass is 9.76. The third-order valence-corrected chi connectivity index (χ3v) is 5.72. The molecule has 4 rings (SSSR count). The third kappa shape index (κ3) is 2.13. The number of benzene rings is 2. The smallest absolute Gasteiger partial charge is 0.255 e. The third-order valence-electron chi connectivity index (χ3n) is 5.72. The molecule has 0 saturated carbocycles. The molecule has 0 spiro atoms. The highest BCUT2D eigenvalue weighted by atomic mass is 16.4. The lowest BCUT2D eigenvalue weighted by Crippen LogP contribution is -2.31. The van der Waals surface area contributed by atoms with Crippen molar-refractivity contribution >= 4 is 11.9 Å². The predicted molar refractivity (Wildman–Crippen MR) is 92.2 cm³/mol. The van der Waals surface area contributed by atoms with E-state index in [0.717, 1.165) is 17.5 Å². The van der Waals surface area contributed by atoms with E-state index in [1.54, 1.807) is 6.07 Å². The topological polar surface area (TPSA) is 60.4 Å². The Hall–Kier alpha value is -2.62. The van der Waals surface area contributed by atoms with E-state index in [1.807, 2.05) is 30.0 Å². The Morgan fingerprint density at radius 2 is 1.80 bits per heavy atom. The average molecular weight is 334 g/mol. The molecule has 2 atom stereocenters. The maximum Gasteiger partial charge on any atom is 0.255 e. The summed E-state index contributed by atoms with van der Waals surface area (Å²) in [5.74, 6) is -1.50. The fourth-order valence-corrected chi connectivity index (χ4v) is 4.55. The van der Waals surface area contributed by atoms with Crippen LogP contribution in [0.25, 0.3) is 0 Å². The van der Waals surface area contributed by atoms with Gasteiger partial charge in [-0.15, -0.1) is 0 Å². The number of rotatable bonds is 1. The molecule has 0 saturated heterocycles. The van der Waals surface area contributed by atoms with Crippen molar-refractivity contribution in [3.63, 3.8) is 0 Å². The van der Waals surface area contributed by atoms with Crippen LogP contribution in [-0.2, 0) is 5.41 Å². The van der Waals surface area contributed by atoms with Crippen molar-refractivity contribution in [3.8, 4) is 0 Å². The second-order valence-electron chi connectivity index (χ2n) is 7.64. The highest BCUT2D eigenvalue weighted by Gasteiger charge is 2.46. The zero-order valence-electron chi connectivity index (χ0n) is 14.6. The number of aromatic carboxylic acids is 1. The molecule has 0 radical (unpaired) electrons. The molecule has 0 aliphatic carbocycles. The van der Waals surface area contributed by atoms with E-state index >= 15 is 0 Å². The zero-order valence-corrected chi connectivity index (χ0v) is 14.6. The molecule has 0 fully saturated rings. The predicted octanol–water partition coefficient (Wildman–Crippen LogP) is 2.99. The Balaban J connectivity index is 1.94. The van der Waals surface area contributed by atoms with Crippen LogP contribution in [0.5, 0.6) is 0 Å². The first kappa shape index (κ1) is 15.9. The number of fused-ring (bicyclic) bond motifs is 4. The second kappa shape index (κ2) is 5.19. The average Bonchev–Trinajstić information content (AvgIpc) is 2.81. The molecular formula is C21H20NO3-. The van der Waals surface area contributed by atoms with Crippen LogP contribution >= 0.6 is 0 Å². The summed E-state index contributed by atoms with van der Waals surface area (Å²) in [7, 11) is 0. The summed E-state index contributed by atoms with van der Waals surface area (Å²) in [5.41, 5.74) is 3.36. The number of amides is 1. The SMILES string of the molecule is C[C@@H]1c2ccccc2C(C)(C)C[C@@H]2c3cccc(C(=O)[O-])c3C(=O)N12. The van der Waals surface area contributed by atoms with Crippen LogP contribution in [0.2, 0.25) is 0 Å². The summed E-state index contributed by atoms with van der Waals surface area (Å²) in [6.45, 7) is 6.40. The molecule has 2 aromatic carbocycles. The summed E-state index contributed by atoms with van der Waals surface area (Å²) in [4.78, 5) is 26.5. The molecule has 2 aliphatic rings. The van der Waals surface area contributed by atoms with Crippen molar-refractivity contribution in [1.29, 1.82) is 0 Å². The van der Waals surface area contributed by atoms with Crippen LogP contribution in [0.15, 0.2) is 42.5 Å². The van der Waals surface area contributed by atoms with Gasteiger partial charge in [-0.25, -0.2) is 0 Å². The highest BCUT2D eigenvalue weighted by molar-refractivity contribution is 6.07. The van der Waals surface area contributed by atoms with Crippen molar-refractivity contribution in [2.45, 2.75) is 44.7 Å². The van der Waals surface area contributed by atoms with Gasteiger partial charge in [0, 0.05) is 5.56 Å². The van der Waals surface area contributed by atoms with E-state index < -0.39 is 5.97 Å². The second-order valence-corrected chi connectivity index (χ2v) is 7.64. The van der Waals surface area contributed by atoms with Gasteiger partial charge >= 0.3 is 0 Å². The van der Waals surface area contributed by atoms with E-state index in [9.17, 15) is 14.7 Å². The fourth-order valence-electron chi connectivity index (χ4n) is 4.55. The minimum absolute atomic E-state index is 0.00568. The minimum atomic E-state index is -1.30. The molecule has 0 N–H and O–H groups in total. The van der Waals surface area contributed by atoms with Crippen LogP contribution in [0.1, 0.15) is 76.7 Å². The molecule has 0 bridgehead atoms. The van der Waals surface area contributed by atoms with Gasteiger partial charge in [-0.05, 0) is 35.4 Å². The van der Waals surface area contributed by atoms with Gasteiger partial charge in [0.25, 0.3) is 5.91 Å². The molecule has 1 amide bonds. The normalized spacial score (nSPS) is 23.5. The van der Waals surface area contributed by atoms with Crippen LogP contribution < -0.4 is 5.11 Å². The maximum atomic E-state index is 13.2. The fraction of sp³-hybridized carbons (Fsp3) is 0.333. The highest BCUT2D eigenvalue weighted by Crippen LogP contribution is 2.51. The Morgan fingerprint density at radius 1 is 1.12 bits per heavy atom. The Kier molecular flexibility index (Phi) is 3.29. The molecule has 128 valence electrons. The molecule has 2 aliphatic heterocycles. The Morgan fingerprint density at radius 3 is 2.52 bits per heavy atom. The largest absolute Gasteiger partial charge is 0.545 e. The van der Waals surface area contributed by atoms with Crippen molar-refractivity contribution in [1.82, 2.24) is 4.90 Å². The molecule has 0 aromatic heterocycles. The molecule has 25 heavy (non-hydrogen) atoms. The Bertz CT molecular complexity index is 900. The van der Waals surface area contributed by atoms with E-state index in [1.165, 1.54) is 11.6 Å². The first-order valence-corrected chi connectivity index (χ1v) is 8.59. The van der Waals surface area contributed by atoms with Crippen molar-refractivity contribution < 1.29 is 14.7 Å². The van der Waals surface area contributed by atoms with Gasteiger partial charge in [-0.1, -0.05) is 56.3 Å². The number of hydrogen-bond donors (Lipinski definition) is 0. The molecule has 2 heterocycles. The standard InChI is InChI=1S/C21H21NO3/c1-12-13-7-4-5-10-16(13)21(2,3)11-17-14-8-6-9-15(20(24)25)18(14)19(23)22(12)17/h4-10,12,17H,11H2,1-3H3,(H,24,25)/p-1/t12-,17-/m1/s1. The number of carboxylic acid groups (broad SMARTS) is 1. The van der Waals surface area contributed by atoms with E-state index in [2.05, 4.69) is 26.0 Å². The van der Waals surface area contributed by atoms with Crippen molar-refractivity contribution in [3.05, 3.63) is 70.3 Å². The number of carbonyl (C=O) groups excluding carboxylic acids is 2. The lowest BCUT2D eigenvalue weighted by Gasteiger charge is -2.31.